The van der Waals surface area contributed by atoms with Crippen LogP contribution in [0.25, 0.3) is 0 Å². The largest absolute Gasteiger partial charge is 0.509 e. The molecule has 46 heavy (non-hydrogen) atoms. The number of amides is 4. The van der Waals surface area contributed by atoms with Gasteiger partial charge in [0.1, 0.15) is 30.8 Å². The van der Waals surface area contributed by atoms with Gasteiger partial charge < -0.3 is 28.5 Å². The predicted octanol–water partition coefficient (Wildman–Crippen LogP) is 7.40. The number of furan rings is 1. The SMILES string of the molecule is C/C=C\C=C(/O)COC(=O)Nc1cc(NC(=O)OC(C)COC(=O)Nc2ccc(C)c(NC(=O)OCc3ccco3)c2)ccc1C. The van der Waals surface area contributed by atoms with E-state index in [4.69, 9.17) is 23.4 Å². The third kappa shape index (κ3) is 12.0. The van der Waals surface area contributed by atoms with E-state index < -0.39 is 30.5 Å². The lowest BCUT2D eigenvalue weighted by atomic mass is 10.2. The predicted molar refractivity (Wildman–Crippen MR) is 170 cm³/mol. The molecule has 0 aliphatic rings. The van der Waals surface area contributed by atoms with Crippen molar-refractivity contribution in [2.75, 3.05) is 34.5 Å². The zero-order valence-electron chi connectivity index (χ0n) is 25.7. The fraction of sp³-hybridized carbons (Fsp3) is 0.250. The van der Waals surface area contributed by atoms with Crippen LogP contribution in [0, 0.1) is 13.8 Å². The Bertz CT molecular complexity index is 1570. The number of benzene rings is 2. The number of ether oxygens (including phenoxy) is 4. The summed E-state index contributed by atoms with van der Waals surface area (Å²) in [5.74, 6) is 0.363. The molecule has 0 radical (unpaired) electrons. The van der Waals surface area contributed by atoms with E-state index in [0.717, 1.165) is 5.56 Å². The van der Waals surface area contributed by atoms with Crippen LogP contribution >= 0.6 is 0 Å². The fourth-order valence-corrected chi connectivity index (χ4v) is 3.60. The molecule has 1 unspecified atom stereocenters. The van der Waals surface area contributed by atoms with Crippen LogP contribution in [0.1, 0.15) is 30.7 Å². The van der Waals surface area contributed by atoms with Gasteiger partial charge in [0.15, 0.2) is 6.61 Å². The first-order chi connectivity index (χ1) is 22.0. The molecular weight excluding hydrogens is 600 g/mol. The van der Waals surface area contributed by atoms with Crippen molar-refractivity contribution in [3.63, 3.8) is 0 Å². The number of hydrogen-bond donors (Lipinski definition) is 5. The highest BCUT2D eigenvalue weighted by atomic mass is 16.6. The van der Waals surface area contributed by atoms with Crippen LogP contribution in [-0.2, 0) is 25.6 Å². The second kappa shape index (κ2) is 17.4. The summed E-state index contributed by atoms with van der Waals surface area (Å²) in [5, 5.41) is 19.9. The molecule has 244 valence electrons. The van der Waals surface area contributed by atoms with Crippen molar-refractivity contribution in [2.45, 2.75) is 40.4 Å². The monoisotopic (exact) mass is 636 g/mol. The van der Waals surface area contributed by atoms with Crippen molar-refractivity contribution in [3.05, 3.63) is 95.7 Å². The number of aliphatic hydroxyl groups excluding tert-OH is 1. The number of nitrogens with one attached hydrogen (secondary N) is 4. The van der Waals surface area contributed by atoms with E-state index in [1.54, 1.807) is 69.3 Å². The van der Waals surface area contributed by atoms with Gasteiger partial charge in [-0.25, -0.2) is 19.2 Å². The summed E-state index contributed by atoms with van der Waals surface area (Å²) in [6.07, 6.45) is 2.25. The van der Waals surface area contributed by atoms with E-state index >= 15 is 0 Å². The van der Waals surface area contributed by atoms with E-state index in [0.29, 0.717) is 34.1 Å². The number of carbonyl (C=O) groups excluding carboxylic acids is 4. The van der Waals surface area contributed by atoms with Crippen LogP contribution in [0.2, 0.25) is 0 Å². The Hall–Kier alpha value is -5.92. The molecule has 3 rings (SSSR count). The highest BCUT2D eigenvalue weighted by Crippen LogP contribution is 2.22. The smallest absolute Gasteiger partial charge is 0.412 e. The standard InChI is InChI=1S/C32H36N4O10/c1-5-6-8-25(37)18-44-30(39)35-28-16-24(13-11-21(28)3)34-32(41)46-22(4)17-43-29(38)33-23-12-10-20(2)27(15-23)36-31(40)45-19-26-9-7-14-42-26/h5-16,22,37H,17-19H2,1-4H3,(H,33,38)(H,34,41)(H,35,39)(H,36,40)/b6-5-,25-8-. The Labute approximate surface area is 265 Å². The fourth-order valence-electron chi connectivity index (χ4n) is 3.60. The maximum atomic E-state index is 12.4. The van der Waals surface area contributed by atoms with Gasteiger partial charge in [0.2, 0.25) is 0 Å². The molecular formula is C32H36N4O10. The zero-order chi connectivity index (χ0) is 33.5. The highest BCUT2D eigenvalue weighted by molar-refractivity contribution is 5.91. The number of allylic oxidation sites excluding steroid dienone is 3. The molecule has 0 bridgehead atoms. The Morgan fingerprint density at radius 1 is 0.826 bits per heavy atom. The molecule has 0 spiro atoms. The molecule has 0 saturated heterocycles. The maximum Gasteiger partial charge on any atom is 0.412 e. The summed E-state index contributed by atoms with van der Waals surface area (Å²) in [5.41, 5.74) is 2.87. The summed E-state index contributed by atoms with van der Waals surface area (Å²) >= 11 is 0. The van der Waals surface area contributed by atoms with Gasteiger partial charge in [-0.1, -0.05) is 24.3 Å². The van der Waals surface area contributed by atoms with Gasteiger partial charge in [-0.2, -0.15) is 0 Å². The normalized spacial score (nSPS) is 11.7. The van der Waals surface area contributed by atoms with Crippen LogP contribution in [0.15, 0.2) is 83.2 Å². The Morgan fingerprint density at radius 2 is 1.41 bits per heavy atom. The lowest BCUT2D eigenvalue weighted by molar-refractivity contribution is 0.0651. The van der Waals surface area contributed by atoms with E-state index in [9.17, 15) is 24.3 Å². The van der Waals surface area contributed by atoms with Crippen LogP contribution in [-0.4, -0.2) is 48.8 Å². The topological polar surface area (TPSA) is 187 Å². The average Bonchev–Trinajstić information content (AvgIpc) is 3.54. The lowest BCUT2D eigenvalue weighted by Crippen LogP contribution is -2.26. The average molecular weight is 637 g/mol. The number of aliphatic hydroxyl groups is 1. The van der Waals surface area contributed by atoms with Crippen molar-refractivity contribution < 1.29 is 47.6 Å². The van der Waals surface area contributed by atoms with Gasteiger partial charge in [0, 0.05) is 22.7 Å². The van der Waals surface area contributed by atoms with Gasteiger partial charge >= 0.3 is 24.4 Å². The van der Waals surface area contributed by atoms with Gasteiger partial charge in [-0.05, 0) is 81.3 Å². The van der Waals surface area contributed by atoms with E-state index in [-0.39, 0.29) is 25.6 Å². The first kappa shape index (κ1) is 34.6. The van der Waals surface area contributed by atoms with Crippen LogP contribution in [0.4, 0.5) is 41.9 Å². The second-order valence-electron chi connectivity index (χ2n) is 9.79. The zero-order valence-corrected chi connectivity index (χ0v) is 25.7. The summed E-state index contributed by atoms with van der Waals surface area (Å²) in [4.78, 5) is 49.1. The number of aryl methyl sites for hydroxylation is 2. The minimum absolute atomic E-state index is 0.0389. The molecule has 3 aromatic rings. The van der Waals surface area contributed by atoms with Crippen molar-refractivity contribution in [1.82, 2.24) is 0 Å². The first-order valence-electron chi connectivity index (χ1n) is 14.1. The molecule has 14 heteroatoms. The van der Waals surface area contributed by atoms with Crippen molar-refractivity contribution in [3.8, 4) is 0 Å². The molecule has 0 aliphatic heterocycles. The van der Waals surface area contributed by atoms with Gasteiger partial charge in [0.05, 0.1) is 6.26 Å². The summed E-state index contributed by atoms with van der Waals surface area (Å²) in [6.45, 7) is 6.23. The second-order valence-corrected chi connectivity index (χ2v) is 9.79. The van der Waals surface area contributed by atoms with Crippen LogP contribution in [0.3, 0.4) is 0 Å². The minimum Gasteiger partial charge on any atom is -0.509 e. The van der Waals surface area contributed by atoms with Crippen molar-refractivity contribution in [1.29, 1.82) is 0 Å². The quantitative estimate of drug-likeness (QED) is 0.0761. The molecule has 5 N–H and O–H groups in total. The number of hydrogen-bond acceptors (Lipinski definition) is 10. The molecule has 14 nitrogen and oxygen atoms in total. The molecule has 0 saturated carbocycles. The Kier molecular flexibility index (Phi) is 13.1. The maximum absolute atomic E-state index is 12.4. The first-order valence-corrected chi connectivity index (χ1v) is 14.1. The molecule has 1 heterocycles. The molecule has 1 atom stereocenters. The van der Waals surface area contributed by atoms with E-state index in [1.807, 2.05) is 0 Å². The summed E-state index contributed by atoms with van der Waals surface area (Å²) in [7, 11) is 0. The molecule has 0 fully saturated rings. The summed E-state index contributed by atoms with van der Waals surface area (Å²) in [6, 6.07) is 13.0. The Balaban J connectivity index is 1.43. The third-order valence-electron chi connectivity index (χ3n) is 5.96. The van der Waals surface area contributed by atoms with Gasteiger partial charge in [-0.3, -0.25) is 21.3 Å². The van der Waals surface area contributed by atoms with Gasteiger partial charge in [-0.15, -0.1) is 0 Å². The van der Waals surface area contributed by atoms with Crippen molar-refractivity contribution in [2.24, 2.45) is 0 Å². The lowest BCUT2D eigenvalue weighted by Gasteiger charge is -2.16. The highest BCUT2D eigenvalue weighted by Gasteiger charge is 2.15. The van der Waals surface area contributed by atoms with Crippen molar-refractivity contribution >= 4 is 47.1 Å². The molecule has 1 aromatic heterocycles. The molecule has 2 aromatic carbocycles. The number of anilines is 4. The number of rotatable bonds is 12. The molecule has 4 amide bonds. The third-order valence-corrected chi connectivity index (χ3v) is 5.96. The Morgan fingerprint density at radius 3 is 2.00 bits per heavy atom. The van der Waals surface area contributed by atoms with E-state index in [1.165, 1.54) is 31.4 Å². The minimum atomic E-state index is -0.818. The van der Waals surface area contributed by atoms with Crippen LogP contribution in [0.5, 0.6) is 0 Å². The summed E-state index contributed by atoms with van der Waals surface area (Å²) < 4.78 is 25.6. The van der Waals surface area contributed by atoms with Gasteiger partial charge in [0.25, 0.3) is 0 Å². The number of carbonyl (C=O) groups is 4. The van der Waals surface area contributed by atoms with E-state index in [2.05, 4.69) is 21.3 Å². The van der Waals surface area contributed by atoms with Crippen LogP contribution < -0.4 is 21.3 Å². The molecule has 0 aliphatic carbocycles.